The van der Waals surface area contributed by atoms with Crippen molar-refractivity contribution in [1.82, 2.24) is 0 Å². The summed E-state index contributed by atoms with van der Waals surface area (Å²) < 4.78 is 15.3. The maximum absolute atomic E-state index is 11.7. The van der Waals surface area contributed by atoms with Gasteiger partial charge in [0.25, 0.3) is 0 Å². The van der Waals surface area contributed by atoms with Gasteiger partial charge in [0.2, 0.25) is 0 Å². The van der Waals surface area contributed by atoms with Crippen LogP contribution < -0.4 is 9.47 Å². The van der Waals surface area contributed by atoms with Crippen molar-refractivity contribution in [2.24, 2.45) is 0 Å². The fraction of sp³-hybridized carbons (Fsp3) is 0.500. The first-order valence-electron chi connectivity index (χ1n) is 6.19. The molecule has 5 nitrogen and oxygen atoms in total. The van der Waals surface area contributed by atoms with Crippen LogP contribution in [0.2, 0.25) is 0 Å². The number of aliphatic hydroxyl groups excluding tert-OH is 1. The van der Waals surface area contributed by atoms with Crippen LogP contribution in [0.4, 0.5) is 0 Å². The fourth-order valence-electron chi connectivity index (χ4n) is 2.00. The maximum Gasteiger partial charge on any atom is 0.339 e. The molecule has 0 aliphatic rings. The second-order valence-corrected chi connectivity index (χ2v) is 3.87. The van der Waals surface area contributed by atoms with E-state index in [9.17, 15) is 9.90 Å². The Kier molecular flexibility index (Phi) is 5.63. The van der Waals surface area contributed by atoms with E-state index in [0.29, 0.717) is 23.5 Å². The van der Waals surface area contributed by atoms with Crippen LogP contribution in [0.25, 0.3) is 0 Å². The lowest BCUT2D eigenvalue weighted by atomic mass is 9.98. The van der Waals surface area contributed by atoms with Crippen LogP contribution in [-0.2, 0) is 16.0 Å². The third-order valence-corrected chi connectivity index (χ3v) is 2.85. The molecule has 0 radical (unpaired) electrons. The van der Waals surface area contributed by atoms with Gasteiger partial charge in [0.15, 0.2) is 6.10 Å². The molecule has 0 fully saturated rings. The molecule has 1 rings (SSSR count). The minimum atomic E-state index is -1.38. The Morgan fingerprint density at radius 3 is 2.26 bits per heavy atom. The molecule has 0 saturated carbocycles. The maximum atomic E-state index is 11.7. The second kappa shape index (κ2) is 6.99. The number of benzene rings is 1. The largest absolute Gasteiger partial charge is 0.496 e. The van der Waals surface area contributed by atoms with Crippen molar-refractivity contribution in [3.8, 4) is 11.5 Å². The van der Waals surface area contributed by atoms with Crippen molar-refractivity contribution in [2.45, 2.75) is 26.4 Å². The van der Waals surface area contributed by atoms with E-state index in [1.807, 2.05) is 6.92 Å². The molecule has 19 heavy (non-hydrogen) atoms. The van der Waals surface area contributed by atoms with Gasteiger partial charge in [-0.25, -0.2) is 4.79 Å². The number of aliphatic hydroxyl groups is 1. The van der Waals surface area contributed by atoms with E-state index >= 15 is 0 Å². The number of methoxy groups -OCH3 is 2. The Morgan fingerprint density at radius 1 is 1.21 bits per heavy atom. The Labute approximate surface area is 113 Å². The first-order valence-corrected chi connectivity index (χ1v) is 6.19. The van der Waals surface area contributed by atoms with Gasteiger partial charge in [-0.3, -0.25) is 0 Å². The number of esters is 1. The number of ether oxygens (including phenoxy) is 3. The molecule has 0 bridgehead atoms. The Hall–Kier alpha value is -1.75. The molecule has 5 heteroatoms. The zero-order chi connectivity index (χ0) is 14.4. The van der Waals surface area contributed by atoms with Crippen molar-refractivity contribution < 1.29 is 24.1 Å². The molecule has 106 valence electrons. The van der Waals surface area contributed by atoms with Crippen molar-refractivity contribution in [2.75, 3.05) is 20.8 Å². The molecule has 1 unspecified atom stereocenters. The topological polar surface area (TPSA) is 65.0 Å². The number of rotatable bonds is 6. The van der Waals surface area contributed by atoms with Crippen LogP contribution >= 0.6 is 0 Å². The Bertz CT molecular complexity index is 442. The highest BCUT2D eigenvalue weighted by Crippen LogP contribution is 2.35. The van der Waals surface area contributed by atoms with E-state index in [-0.39, 0.29) is 6.61 Å². The van der Waals surface area contributed by atoms with Crippen molar-refractivity contribution >= 4 is 5.97 Å². The normalized spacial score (nSPS) is 11.8. The van der Waals surface area contributed by atoms with Crippen LogP contribution in [0, 0.1) is 0 Å². The minimum Gasteiger partial charge on any atom is -0.496 e. The third-order valence-electron chi connectivity index (χ3n) is 2.85. The summed E-state index contributed by atoms with van der Waals surface area (Å²) in [6.07, 6.45) is -0.772. The van der Waals surface area contributed by atoms with Crippen LogP contribution in [0.5, 0.6) is 11.5 Å². The summed E-state index contributed by atoms with van der Waals surface area (Å²) in [7, 11) is 3.03. The van der Waals surface area contributed by atoms with Gasteiger partial charge in [0, 0.05) is 11.1 Å². The van der Waals surface area contributed by atoms with Gasteiger partial charge in [-0.05, 0) is 25.5 Å². The molecule has 1 aromatic rings. The highest BCUT2D eigenvalue weighted by atomic mass is 16.5. The summed E-state index contributed by atoms with van der Waals surface area (Å²) in [6.45, 7) is 3.82. The number of hydrogen-bond acceptors (Lipinski definition) is 5. The molecule has 0 amide bonds. The molecule has 1 atom stereocenters. The number of hydrogen-bond donors (Lipinski definition) is 1. The summed E-state index contributed by atoms with van der Waals surface area (Å²) in [6, 6.07) is 3.41. The van der Waals surface area contributed by atoms with Crippen LogP contribution in [0.15, 0.2) is 12.1 Å². The van der Waals surface area contributed by atoms with Crippen molar-refractivity contribution in [3.05, 3.63) is 23.3 Å². The highest BCUT2D eigenvalue weighted by molar-refractivity contribution is 5.78. The molecule has 1 N–H and O–H groups in total. The molecule has 0 saturated heterocycles. The summed E-state index contributed by atoms with van der Waals surface area (Å²) in [4.78, 5) is 11.7. The smallest absolute Gasteiger partial charge is 0.339 e. The summed E-state index contributed by atoms with van der Waals surface area (Å²) >= 11 is 0. The van der Waals surface area contributed by atoms with Gasteiger partial charge < -0.3 is 19.3 Å². The second-order valence-electron chi connectivity index (χ2n) is 3.87. The molecule has 0 aliphatic carbocycles. The standard InChI is InChI=1S/C14H20O5/c1-5-9-10(17-3)7-8-11(18-4)12(9)13(15)14(16)19-6-2/h7-8,13,15H,5-6H2,1-4H3. The van der Waals surface area contributed by atoms with Gasteiger partial charge in [0.05, 0.1) is 20.8 Å². The van der Waals surface area contributed by atoms with E-state index in [2.05, 4.69) is 0 Å². The van der Waals surface area contributed by atoms with Crippen LogP contribution in [0.1, 0.15) is 31.1 Å². The molecule has 0 aromatic heterocycles. The molecule has 0 aliphatic heterocycles. The molecule has 1 aromatic carbocycles. The first-order chi connectivity index (χ1) is 9.10. The van der Waals surface area contributed by atoms with Gasteiger partial charge >= 0.3 is 5.97 Å². The SMILES string of the molecule is CCOC(=O)C(O)c1c(OC)ccc(OC)c1CC. The van der Waals surface area contributed by atoms with Crippen molar-refractivity contribution in [3.63, 3.8) is 0 Å². The van der Waals surface area contributed by atoms with E-state index < -0.39 is 12.1 Å². The zero-order valence-electron chi connectivity index (χ0n) is 11.7. The lowest BCUT2D eigenvalue weighted by molar-refractivity contribution is -0.153. The summed E-state index contributed by atoms with van der Waals surface area (Å²) in [5.41, 5.74) is 1.14. The van der Waals surface area contributed by atoms with E-state index in [1.54, 1.807) is 26.2 Å². The van der Waals surface area contributed by atoms with E-state index in [1.165, 1.54) is 7.11 Å². The van der Waals surface area contributed by atoms with E-state index in [0.717, 1.165) is 5.56 Å². The first kappa shape index (κ1) is 15.3. The molecular formula is C14H20O5. The number of carbonyl (C=O) groups is 1. The molecule has 0 heterocycles. The molecular weight excluding hydrogens is 248 g/mol. The van der Waals surface area contributed by atoms with Crippen LogP contribution in [0.3, 0.4) is 0 Å². The van der Waals surface area contributed by atoms with Gasteiger partial charge in [-0.1, -0.05) is 6.92 Å². The lowest BCUT2D eigenvalue weighted by Gasteiger charge is -2.19. The quantitative estimate of drug-likeness (QED) is 0.798. The summed E-state index contributed by atoms with van der Waals surface area (Å²) in [5, 5.41) is 10.2. The van der Waals surface area contributed by atoms with Crippen molar-refractivity contribution in [1.29, 1.82) is 0 Å². The Balaban J connectivity index is 3.32. The van der Waals surface area contributed by atoms with E-state index in [4.69, 9.17) is 14.2 Å². The zero-order valence-corrected chi connectivity index (χ0v) is 11.7. The highest BCUT2D eigenvalue weighted by Gasteiger charge is 2.27. The monoisotopic (exact) mass is 268 g/mol. The third kappa shape index (κ3) is 3.17. The lowest BCUT2D eigenvalue weighted by Crippen LogP contribution is -2.18. The van der Waals surface area contributed by atoms with Crippen LogP contribution in [-0.4, -0.2) is 31.9 Å². The Morgan fingerprint density at radius 2 is 1.79 bits per heavy atom. The van der Waals surface area contributed by atoms with Gasteiger partial charge in [-0.2, -0.15) is 0 Å². The fourth-order valence-corrected chi connectivity index (χ4v) is 2.00. The average molecular weight is 268 g/mol. The van der Waals surface area contributed by atoms with Gasteiger partial charge in [0.1, 0.15) is 11.5 Å². The van der Waals surface area contributed by atoms with Gasteiger partial charge in [-0.15, -0.1) is 0 Å². The molecule has 0 spiro atoms. The minimum absolute atomic E-state index is 0.212. The average Bonchev–Trinajstić information content (AvgIpc) is 2.44. The summed E-state index contributed by atoms with van der Waals surface area (Å²) in [5.74, 6) is 0.364. The predicted molar refractivity (Wildman–Crippen MR) is 70.5 cm³/mol. The predicted octanol–water partition coefficient (Wildman–Crippen LogP) is 1.86. The number of carbonyl (C=O) groups excluding carboxylic acids is 1.